The number of hydrogen-bond acceptors (Lipinski definition) is 4. The Morgan fingerprint density at radius 3 is 2.37 bits per heavy atom. The SMILES string of the molecule is CC(=O)CCC(NCC(=O)c1ccccc1)C(=O)O. The van der Waals surface area contributed by atoms with Crippen molar-refractivity contribution in [1.29, 1.82) is 0 Å². The van der Waals surface area contributed by atoms with E-state index in [2.05, 4.69) is 5.32 Å². The van der Waals surface area contributed by atoms with Crippen molar-refractivity contribution in [2.75, 3.05) is 6.54 Å². The summed E-state index contributed by atoms with van der Waals surface area (Å²) in [5.74, 6) is -1.29. The van der Waals surface area contributed by atoms with Crippen LogP contribution in [-0.2, 0) is 9.59 Å². The lowest BCUT2D eigenvalue weighted by molar-refractivity contribution is -0.139. The fraction of sp³-hybridized carbons (Fsp3) is 0.357. The summed E-state index contributed by atoms with van der Waals surface area (Å²) in [5, 5.41) is 11.7. The first-order valence-corrected chi connectivity index (χ1v) is 6.04. The molecule has 102 valence electrons. The van der Waals surface area contributed by atoms with Gasteiger partial charge in [-0.25, -0.2) is 0 Å². The molecule has 19 heavy (non-hydrogen) atoms. The zero-order valence-electron chi connectivity index (χ0n) is 10.8. The summed E-state index contributed by atoms with van der Waals surface area (Å²) in [7, 11) is 0. The molecular formula is C14H17NO4. The number of nitrogens with one attached hydrogen (secondary N) is 1. The number of rotatable bonds is 8. The highest BCUT2D eigenvalue weighted by Gasteiger charge is 2.18. The van der Waals surface area contributed by atoms with Gasteiger partial charge in [-0.2, -0.15) is 0 Å². The van der Waals surface area contributed by atoms with Gasteiger partial charge in [-0.15, -0.1) is 0 Å². The molecule has 1 unspecified atom stereocenters. The molecule has 0 aliphatic carbocycles. The molecule has 5 nitrogen and oxygen atoms in total. The molecule has 0 saturated carbocycles. The number of carboxylic acids is 1. The zero-order valence-corrected chi connectivity index (χ0v) is 10.8. The van der Waals surface area contributed by atoms with Gasteiger partial charge in [0.15, 0.2) is 5.78 Å². The second kappa shape index (κ2) is 7.43. The van der Waals surface area contributed by atoms with Crippen molar-refractivity contribution in [3.05, 3.63) is 35.9 Å². The number of aliphatic carboxylic acids is 1. The van der Waals surface area contributed by atoms with Gasteiger partial charge in [0.1, 0.15) is 11.8 Å². The van der Waals surface area contributed by atoms with Crippen molar-refractivity contribution in [1.82, 2.24) is 5.32 Å². The van der Waals surface area contributed by atoms with E-state index in [1.807, 2.05) is 0 Å². The highest BCUT2D eigenvalue weighted by Crippen LogP contribution is 2.02. The van der Waals surface area contributed by atoms with Crippen molar-refractivity contribution < 1.29 is 19.5 Å². The Morgan fingerprint density at radius 2 is 1.84 bits per heavy atom. The molecule has 0 spiro atoms. The average molecular weight is 263 g/mol. The first-order chi connectivity index (χ1) is 9.00. The fourth-order valence-corrected chi connectivity index (χ4v) is 1.60. The summed E-state index contributed by atoms with van der Waals surface area (Å²) in [6, 6.07) is 7.77. The Balaban J connectivity index is 2.50. The van der Waals surface area contributed by atoms with Gasteiger partial charge < -0.3 is 9.90 Å². The molecule has 1 atom stereocenters. The third-order valence-electron chi connectivity index (χ3n) is 2.69. The van der Waals surface area contributed by atoms with Crippen LogP contribution in [0.15, 0.2) is 30.3 Å². The largest absolute Gasteiger partial charge is 0.480 e. The Bertz CT molecular complexity index is 456. The Labute approximate surface area is 111 Å². The molecule has 0 aliphatic heterocycles. The highest BCUT2D eigenvalue weighted by atomic mass is 16.4. The third kappa shape index (κ3) is 5.44. The van der Waals surface area contributed by atoms with Crippen LogP contribution in [0.3, 0.4) is 0 Å². The molecule has 1 rings (SSSR count). The minimum Gasteiger partial charge on any atom is -0.480 e. The second-order valence-corrected chi connectivity index (χ2v) is 4.30. The summed E-state index contributed by atoms with van der Waals surface area (Å²) in [6.45, 7) is 1.35. The van der Waals surface area contributed by atoms with Gasteiger partial charge in [0.2, 0.25) is 0 Å². The van der Waals surface area contributed by atoms with Crippen LogP contribution in [0.2, 0.25) is 0 Å². The minimum atomic E-state index is -1.05. The topological polar surface area (TPSA) is 83.5 Å². The molecular weight excluding hydrogens is 246 g/mol. The van der Waals surface area contributed by atoms with E-state index >= 15 is 0 Å². The van der Waals surface area contributed by atoms with Crippen molar-refractivity contribution in [2.24, 2.45) is 0 Å². The molecule has 0 aliphatic rings. The number of benzene rings is 1. The lowest BCUT2D eigenvalue weighted by Gasteiger charge is -2.13. The number of ketones is 2. The normalized spacial score (nSPS) is 11.8. The first-order valence-electron chi connectivity index (χ1n) is 6.04. The Hall–Kier alpha value is -2.01. The molecule has 0 amide bonds. The monoisotopic (exact) mass is 263 g/mol. The van der Waals surface area contributed by atoms with Crippen LogP contribution in [0.4, 0.5) is 0 Å². The van der Waals surface area contributed by atoms with Crippen LogP contribution in [0.1, 0.15) is 30.1 Å². The third-order valence-corrected chi connectivity index (χ3v) is 2.69. The number of carbonyl (C=O) groups is 3. The minimum absolute atomic E-state index is 0.0567. The van der Waals surface area contributed by atoms with Crippen molar-refractivity contribution in [2.45, 2.75) is 25.8 Å². The van der Waals surface area contributed by atoms with Crippen LogP contribution < -0.4 is 5.32 Å². The maximum Gasteiger partial charge on any atom is 0.320 e. The van der Waals surface area contributed by atoms with Gasteiger partial charge in [-0.3, -0.25) is 14.9 Å². The van der Waals surface area contributed by atoms with Gasteiger partial charge in [0, 0.05) is 12.0 Å². The van der Waals surface area contributed by atoms with Gasteiger partial charge in [-0.05, 0) is 13.3 Å². The fourth-order valence-electron chi connectivity index (χ4n) is 1.60. The highest BCUT2D eigenvalue weighted by molar-refractivity contribution is 5.97. The lowest BCUT2D eigenvalue weighted by atomic mass is 10.1. The summed E-state index contributed by atoms with van der Waals surface area (Å²) >= 11 is 0. The van der Waals surface area contributed by atoms with Crippen LogP contribution in [-0.4, -0.2) is 35.2 Å². The van der Waals surface area contributed by atoms with Gasteiger partial charge in [0.05, 0.1) is 6.54 Å². The molecule has 0 heterocycles. The van der Waals surface area contributed by atoms with E-state index in [0.717, 1.165) is 0 Å². The predicted molar refractivity (Wildman–Crippen MR) is 70.1 cm³/mol. The predicted octanol–water partition coefficient (Wildman–Crippen LogP) is 1.28. The van der Waals surface area contributed by atoms with E-state index in [9.17, 15) is 14.4 Å². The van der Waals surface area contributed by atoms with Crippen LogP contribution in [0.25, 0.3) is 0 Å². The first kappa shape index (κ1) is 15.0. The molecule has 1 aromatic rings. The van der Waals surface area contributed by atoms with Crippen molar-refractivity contribution in [3.63, 3.8) is 0 Å². The second-order valence-electron chi connectivity index (χ2n) is 4.30. The molecule has 0 saturated heterocycles. The van der Waals surface area contributed by atoms with E-state index in [0.29, 0.717) is 5.56 Å². The van der Waals surface area contributed by atoms with E-state index in [-0.39, 0.29) is 31.0 Å². The number of hydrogen-bond donors (Lipinski definition) is 2. The summed E-state index contributed by atoms with van der Waals surface area (Å²) < 4.78 is 0. The number of Topliss-reactive ketones (excluding diaryl/α,β-unsaturated/α-hetero) is 2. The molecule has 0 fully saturated rings. The standard InChI is InChI=1S/C14H17NO4/c1-10(16)7-8-12(14(18)19)15-9-13(17)11-5-3-2-4-6-11/h2-6,12,15H,7-9H2,1H3,(H,18,19). The van der Waals surface area contributed by atoms with Crippen LogP contribution in [0.5, 0.6) is 0 Å². The van der Waals surface area contributed by atoms with E-state index in [1.54, 1.807) is 30.3 Å². The van der Waals surface area contributed by atoms with Gasteiger partial charge >= 0.3 is 5.97 Å². The Kier molecular flexibility index (Phi) is 5.89. The summed E-state index contributed by atoms with van der Waals surface area (Å²) in [4.78, 5) is 33.6. The zero-order chi connectivity index (χ0) is 14.3. The maximum atomic E-state index is 11.8. The number of carboxylic acid groups (broad SMARTS) is 1. The average Bonchev–Trinajstić information content (AvgIpc) is 2.38. The van der Waals surface area contributed by atoms with Crippen LogP contribution in [0, 0.1) is 0 Å². The molecule has 2 N–H and O–H groups in total. The molecule has 0 bridgehead atoms. The number of carbonyl (C=O) groups excluding carboxylic acids is 2. The molecule has 0 aromatic heterocycles. The summed E-state index contributed by atoms with van der Waals surface area (Å²) in [5.41, 5.74) is 0.533. The quantitative estimate of drug-likeness (QED) is 0.690. The lowest BCUT2D eigenvalue weighted by Crippen LogP contribution is -2.40. The molecule has 1 aromatic carbocycles. The smallest absolute Gasteiger partial charge is 0.320 e. The van der Waals surface area contributed by atoms with Crippen molar-refractivity contribution in [3.8, 4) is 0 Å². The Morgan fingerprint density at radius 1 is 1.21 bits per heavy atom. The molecule has 0 radical (unpaired) electrons. The van der Waals surface area contributed by atoms with Crippen molar-refractivity contribution >= 4 is 17.5 Å². The van der Waals surface area contributed by atoms with E-state index < -0.39 is 12.0 Å². The summed E-state index contributed by atoms with van der Waals surface area (Å²) in [6.07, 6.45) is 0.371. The van der Waals surface area contributed by atoms with Gasteiger partial charge in [0.25, 0.3) is 0 Å². The van der Waals surface area contributed by atoms with Crippen LogP contribution >= 0.6 is 0 Å². The van der Waals surface area contributed by atoms with Gasteiger partial charge in [-0.1, -0.05) is 30.3 Å². The maximum absolute atomic E-state index is 11.8. The molecule has 5 heteroatoms. The van der Waals surface area contributed by atoms with E-state index in [4.69, 9.17) is 5.11 Å². The van der Waals surface area contributed by atoms with E-state index in [1.165, 1.54) is 6.92 Å².